The number of hydrogen-bond donors (Lipinski definition) is 3. The van der Waals surface area contributed by atoms with Crippen LogP contribution in [0.1, 0.15) is 317 Å². The molecule has 0 bridgehead atoms. The van der Waals surface area contributed by atoms with Gasteiger partial charge >= 0.3 is 39.5 Å². The predicted octanol–water partition coefficient (Wildman–Crippen LogP) is 17.2. The van der Waals surface area contributed by atoms with E-state index in [0.29, 0.717) is 25.7 Å². The molecule has 480 valence electrons. The van der Waals surface area contributed by atoms with Gasteiger partial charge in [0.05, 0.1) is 26.4 Å². The lowest BCUT2D eigenvalue weighted by atomic mass is 10.0. The van der Waals surface area contributed by atoms with Gasteiger partial charge in [0.1, 0.15) is 19.3 Å². The normalized spacial score (nSPS) is 14.2. The highest BCUT2D eigenvalue weighted by Crippen LogP contribution is 2.45. The molecular weight excluding hydrogens is 1080 g/mol. The van der Waals surface area contributed by atoms with Gasteiger partial charge in [0.25, 0.3) is 0 Å². The Labute approximate surface area is 492 Å². The molecule has 81 heavy (non-hydrogen) atoms. The van der Waals surface area contributed by atoms with E-state index in [0.717, 1.165) is 103 Å². The Kier molecular flexibility index (Phi) is 55.8. The average molecular weight is 1200 g/mol. The molecule has 3 N–H and O–H groups in total. The summed E-state index contributed by atoms with van der Waals surface area (Å²) >= 11 is 0. The van der Waals surface area contributed by atoms with Crippen molar-refractivity contribution in [3.05, 3.63) is 0 Å². The molecule has 0 saturated heterocycles. The van der Waals surface area contributed by atoms with Crippen molar-refractivity contribution < 1.29 is 80.2 Å². The number of phosphoric acid groups is 2. The molecule has 19 heteroatoms. The molecule has 0 fully saturated rings. The Morgan fingerprint density at radius 1 is 0.296 bits per heavy atom. The molecule has 0 aromatic carbocycles. The first kappa shape index (κ1) is 79.1. The summed E-state index contributed by atoms with van der Waals surface area (Å²) in [5, 5.41) is 10.5. The summed E-state index contributed by atoms with van der Waals surface area (Å²) in [4.78, 5) is 72.0. The minimum atomic E-state index is -4.94. The van der Waals surface area contributed by atoms with Crippen LogP contribution in [0.5, 0.6) is 0 Å². The number of rotatable bonds is 63. The Morgan fingerprint density at radius 2 is 0.494 bits per heavy atom. The number of carbonyl (C=O) groups is 4. The number of aliphatic hydroxyl groups excluding tert-OH is 1. The summed E-state index contributed by atoms with van der Waals surface area (Å²) in [6.45, 7) is 4.83. The van der Waals surface area contributed by atoms with E-state index < -0.39 is 97.5 Å². The van der Waals surface area contributed by atoms with E-state index in [9.17, 15) is 43.2 Å². The molecular formula is C62H120O17P2. The van der Waals surface area contributed by atoms with E-state index >= 15 is 0 Å². The highest BCUT2D eigenvalue weighted by molar-refractivity contribution is 7.47. The molecule has 17 nitrogen and oxygen atoms in total. The van der Waals surface area contributed by atoms with Gasteiger partial charge in [-0.25, -0.2) is 9.13 Å². The third-order valence-corrected chi connectivity index (χ3v) is 16.3. The number of unbranched alkanes of at least 4 members (excludes halogenated alkanes) is 37. The van der Waals surface area contributed by atoms with Crippen molar-refractivity contribution in [1.29, 1.82) is 0 Å². The topological polar surface area (TPSA) is 237 Å². The van der Waals surface area contributed by atoms with Gasteiger partial charge in [-0.3, -0.25) is 37.3 Å². The Balaban J connectivity index is 5.20. The SMILES string of the molecule is CCCCCCCCCCCCCCCCC(=O)O[C@H](COC(=O)CCCCCCCCCCCC)COP(=O)(O)OC[C@@H](O)COP(=O)(O)OC[C@@H](COC(=O)CCCCCCCCC)OC(=O)CCCCCCCCCCCC. The molecule has 0 radical (unpaired) electrons. The van der Waals surface area contributed by atoms with Crippen molar-refractivity contribution >= 4 is 39.5 Å². The molecule has 0 saturated carbocycles. The molecule has 0 aliphatic heterocycles. The molecule has 0 amide bonds. The average Bonchev–Trinajstić information content (AvgIpc) is 3.44. The van der Waals surface area contributed by atoms with Crippen LogP contribution in [-0.2, 0) is 65.4 Å². The van der Waals surface area contributed by atoms with Crippen molar-refractivity contribution in [3.63, 3.8) is 0 Å². The summed E-state index contributed by atoms with van der Waals surface area (Å²) in [5.41, 5.74) is 0. The van der Waals surface area contributed by atoms with Gasteiger partial charge in [0.15, 0.2) is 12.2 Å². The van der Waals surface area contributed by atoms with Gasteiger partial charge in [0, 0.05) is 25.7 Å². The molecule has 5 atom stereocenters. The first-order chi connectivity index (χ1) is 39.2. The summed E-state index contributed by atoms with van der Waals surface area (Å²) in [7, 11) is -9.87. The van der Waals surface area contributed by atoms with Gasteiger partial charge in [-0.1, -0.05) is 265 Å². The zero-order valence-corrected chi connectivity index (χ0v) is 53.5. The van der Waals surface area contributed by atoms with Crippen molar-refractivity contribution in [2.75, 3.05) is 39.6 Å². The number of phosphoric ester groups is 2. The van der Waals surface area contributed by atoms with Crippen LogP contribution in [0, 0.1) is 0 Å². The standard InChI is InChI=1S/C62H120O17P2/c1-5-9-13-17-21-24-27-28-29-30-33-37-41-45-49-62(67)79-58(53-73-60(65)47-43-39-35-31-25-22-18-14-10-6-2)55-77-81(70,71)75-51-56(63)50-74-80(68,69)76-54-57(52-72-59(64)46-42-38-34-20-16-12-8-4)78-61(66)48-44-40-36-32-26-23-19-15-11-7-3/h56-58,63H,5-55H2,1-4H3,(H,68,69)(H,70,71)/t56-,57+,58+/m0/s1. The zero-order valence-electron chi connectivity index (χ0n) is 51.7. The van der Waals surface area contributed by atoms with Crippen LogP contribution >= 0.6 is 15.6 Å². The van der Waals surface area contributed by atoms with Crippen LogP contribution in [0.25, 0.3) is 0 Å². The lowest BCUT2D eigenvalue weighted by Gasteiger charge is -2.21. The number of carbonyl (C=O) groups excluding carboxylic acids is 4. The van der Waals surface area contributed by atoms with Gasteiger partial charge in [-0.05, 0) is 25.7 Å². The smallest absolute Gasteiger partial charge is 0.462 e. The second-order valence-electron chi connectivity index (χ2n) is 22.4. The van der Waals surface area contributed by atoms with Crippen molar-refractivity contribution in [2.45, 2.75) is 335 Å². The lowest BCUT2D eigenvalue weighted by molar-refractivity contribution is -0.161. The fourth-order valence-electron chi connectivity index (χ4n) is 9.28. The summed E-state index contributed by atoms with van der Waals surface area (Å²) in [6.07, 6.45) is 41.7. The quantitative estimate of drug-likeness (QED) is 0.0222. The maximum atomic E-state index is 12.9. The molecule has 0 aromatic rings. The summed E-state index contributed by atoms with van der Waals surface area (Å²) in [5.74, 6) is -2.14. The van der Waals surface area contributed by atoms with Crippen LogP contribution in [0.15, 0.2) is 0 Å². The van der Waals surface area contributed by atoms with Crippen LogP contribution in [0.2, 0.25) is 0 Å². The second kappa shape index (κ2) is 57.2. The first-order valence-electron chi connectivity index (χ1n) is 32.8. The zero-order chi connectivity index (χ0) is 59.8. The van der Waals surface area contributed by atoms with Crippen LogP contribution in [0.4, 0.5) is 0 Å². The Morgan fingerprint density at radius 3 is 0.728 bits per heavy atom. The maximum absolute atomic E-state index is 12.9. The van der Waals surface area contributed by atoms with E-state index in [1.165, 1.54) is 135 Å². The van der Waals surface area contributed by atoms with E-state index in [1.54, 1.807) is 0 Å². The van der Waals surface area contributed by atoms with Crippen LogP contribution in [0.3, 0.4) is 0 Å². The second-order valence-corrected chi connectivity index (χ2v) is 25.4. The number of aliphatic hydroxyl groups is 1. The third kappa shape index (κ3) is 56.9. The van der Waals surface area contributed by atoms with E-state index in [1.807, 2.05) is 0 Å². The van der Waals surface area contributed by atoms with Crippen molar-refractivity contribution in [3.8, 4) is 0 Å². The summed E-state index contributed by atoms with van der Waals surface area (Å²) < 4.78 is 67.8. The molecule has 0 aliphatic carbocycles. The van der Waals surface area contributed by atoms with Gasteiger partial charge in [-0.2, -0.15) is 0 Å². The van der Waals surface area contributed by atoms with Crippen LogP contribution in [-0.4, -0.2) is 96.7 Å². The van der Waals surface area contributed by atoms with Gasteiger partial charge in [-0.15, -0.1) is 0 Å². The number of ether oxygens (including phenoxy) is 4. The minimum Gasteiger partial charge on any atom is -0.462 e. The monoisotopic (exact) mass is 1200 g/mol. The summed E-state index contributed by atoms with van der Waals surface area (Å²) in [6, 6.07) is 0. The lowest BCUT2D eigenvalue weighted by Crippen LogP contribution is -2.30. The molecule has 0 aromatic heterocycles. The molecule has 0 rings (SSSR count). The Hall–Kier alpha value is -1.94. The molecule has 0 spiro atoms. The molecule has 0 aliphatic rings. The largest absolute Gasteiger partial charge is 0.472 e. The van der Waals surface area contributed by atoms with Gasteiger partial charge in [0.2, 0.25) is 0 Å². The predicted molar refractivity (Wildman–Crippen MR) is 322 cm³/mol. The fourth-order valence-corrected chi connectivity index (χ4v) is 10.9. The third-order valence-electron chi connectivity index (χ3n) is 14.4. The van der Waals surface area contributed by atoms with E-state index in [-0.39, 0.29) is 25.7 Å². The molecule has 2 unspecified atom stereocenters. The highest BCUT2D eigenvalue weighted by atomic mass is 31.2. The maximum Gasteiger partial charge on any atom is 0.472 e. The Bertz CT molecular complexity index is 1570. The number of esters is 4. The van der Waals surface area contributed by atoms with Crippen LogP contribution < -0.4 is 0 Å². The fraction of sp³-hybridized carbons (Fsp3) is 0.935. The van der Waals surface area contributed by atoms with Gasteiger partial charge < -0.3 is 33.8 Å². The number of hydrogen-bond acceptors (Lipinski definition) is 15. The van der Waals surface area contributed by atoms with Crippen molar-refractivity contribution in [2.24, 2.45) is 0 Å². The minimum absolute atomic E-state index is 0.106. The highest BCUT2D eigenvalue weighted by Gasteiger charge is 2.30. The van der Waals surface area contributed by atoms with E-state index in [2.05, 4.69) is 27.7 Å². The van der Waals surface area contributed by atoms with E-state index in [4.69, 9.17) is 37.0 Å². The first-order valence-corrected chi connectivity index (χ1v) is 35.8. The van der Waals surface area contributed by atoms with Crippen molar-refractivity contribution in [1.82, 2.24) is 0 Å². The molecule has 0 heterocycles.